The van der Waals surface area contributed by atoms with Gasteiger partial charge in [0.1, 0.15) is 16.5 Å². The summed E-state index contributed by atoms with van der Waals surface area (Å²) in [4.78, 5) is 18.5. The highest BCUT2D eigenvalue weighted by atomic mass is 32.1. The van der Waals surface area contributed by atoms with Gasteiger partial charge in [-0.25, -0.2) is 9.78 Å². The van der Waals surface area contributed by atoms with Crippen LogP contribution in [0.4, 0.5) is 0 Å². The first-order chi connectivity index (χ1) is 12.6. The molecule has 140 valence electrons. The first kappa shape index (κ1) is 18.7. The molecule has 26 heavy (non-hydrogen) atoms. The molecule has 0 bridgehead atoms. The lowest BCUT2D eigenvalue weighted by Crippen LogP contribution is -2.25. The van der Waals surface area contributed by atoms with E-state index >= 15 is 0 Å². The second-order valence-corrected chi connectivity index (χ2v) is 7.22. The molecule has 3 rings (SSSR count). The summed E-state index contributed by atoms with van der Waals surface area (Å²) in [7, 11) is 1.61. The topological polar surface area (TPSA) is 71.9 Å². The lowest BCUT2D eigenvalue weighted by molar-refractivity contribution is 0.0701. The largest absolute Gasteiger partial charge is 0.493 e. The predicted octanol–water partition coefficient (Wildman–Crippen LogP) is 3.55. The van der Waals surface area contributed by atoms with E-state index in [1.54, 1.807) is 7.11 Å². The van der Waals surface area contributed by atoms with Crippen LogP contribution < -0.4 is 9.47 Å². The molecule has 1 aromatic carbocycles. The maximum atomic E-state index is 11.4. The van der Waals surface area contributed by atoms with Gasteiger partial charge in [-0.2, -0.15) is 0 Å². The highest BCUT2D eigenvalue weighted by Crippen LogP contribution is 2.35. The Bertz CT molecular complexity index is 769. The van der Waals surface area contributed by atoms with E-state index in [1.165, 1.54) is 24.2 Å². The van der Waals surface area contributed by atoms with E-state index < -0.39 is 5.97 Å². The molecule has 0 atom stereocenters. The lowest BCUT2D eigenvalue weighted by Gasteiger charge is -2.16. The number of hydrogen-bond acceptors (Lipinski definition) is 6. The van der Waals surface area contributed by atoms with E-state index in [0.717, 1.165) is 25.2 Å². The van der Waals surface area contributed by atoms with Gasteiger partial charge in [0.05, 0.1) is 12.8 Å². The van der Waals surface area contributed by atoms with Crippen LogP contribution in [0.3, 0.4) is 0 Å². The number of benzene rings is 1. The molecule has 6 nitrogen and oxygen atoms in total. The summed E-state index contributed by atoms with van der Waals surface area (Å²) in [5.74, 6) is 0.398. The van der Waals surface area contributed by atoms with Crippen LogP contribution in [0.5, 0.6) is 11.5 Å². The summed E-state index contributed by atoms with van der Waals surface area (Å²) in [5, 5.41) is 9.99. The van der Waals surface area contributed by atoms with Gasteiger partial charge >= 0.3 is 5.97 Å². The van der Waals surface area contributed by atoms with Crippen LogP contribution in [0, 0.1) is 0 Å². The van der Waals surface area contributed by atoms with Gasteiger partial charge in [-0.15, -0.1) is 11.3 Å². The minimum absolute atomic E-state index is 0.299. The second kappa shape index (κ2) is 8.51. The SMILES string of the molecule is CCc1nc(-c2ccc(OCCN3CCCC3)c(OC)c2)sc1C(=O)O. The molecular weight excluding hydrogens is 352 g/mol. The fourth-order valence-corrected chi connectivity index (χ4v) is 4.08. The number of carboxylic acids is 1. The van der Waals surface area contributed by atoms with Gasteiger partial charge in [0.2, 0.25) is 0 Å². The predicted molar refractivity (Wildman–Crippen MR) is 102 cm³/mol. The van der Waals surface area contributed by atoms with Crippen molar-refractivity contribution in [1.29, 1.82) is 0 Å². The quantitative estimate of drug-likeness (QED) is 0.760. The maximum Gasteiger partial charge on any atom is 0.347 e. The number of aryl methyl sites for hydroxylation is 1. The van der Waals surface area contributed by atoms with Gasteiger partial charge in [0.15, 0.2) is 11.5 Å². The Morgan fingerprint density at radius 3 is 2.69 bits per heavy atom. The summed E-state index contributed by atoms with van der Waals surface area (Å²) in [6.07, 6.45) is 3.13. The Morgan fingerprint density at radius 2 is 2.08 bits per heavy atom. The Morgan fingerprint density at radius 1 is 1.31 bits per heavy atom. The zero-order valence-electron chi connectivity index (χ0n) is 15.2. The summed E-state index contributed by atoms with van der Waals surface area (Å²) in [6.45, 7) is 5.74. The van der Waals surface area contributed by atoms with Crippen molar-refractivity contribution in [3.8, 4) is 22.1 Å². The van der Waals surface area contributed by atoms with Crippen molar-refractivity contribution in [1.82, 2.24) is 9.88 Å². The summed E-state index contributed by atoms with van der Waals surface area (Å²) in [6, 6.07) is 5.62. The Kier molecular flexibility index (Phi) is 6.11. The van der Waals surface area contributed by atoms with Gasteiger partial charge < -0.3 is 14.6 Å². The molecule has 1 aromatic heterocycles. The van der Waals surface area contributed by atoms with E-state index in [-0.39, 0.29) is 0 Å². The van der Waals surface area contributed by atoms with Gasteiger partial charge in [-0.05, 0) is 50.6 Å². The number of carbonyl (C=O) groups is 1. The van der Waals surface area contributed by atoms with Crippen LogP contribution in [-0.4, -0.2) is 54.3 Å². The van der Waals surface area contributed by atoms with Crippen molar-refractivity contribution in [2.45, 2.75) is 26.2 Å². The standard InChI is InChI=1S/C19H24N2O4S/c1-3-14-17(19(22)23)26-18(20-14)13-6-7-15(16(12-13)24-2)25-11-10-21-8-4-5-9-21/h6-7,12H,3-5,8-11H2,1-2H3,(H,22,23). The van der Waals surface area contributed by atoms with Crippen molar-refractivity contribution >= 4 is 17.3 Å². The number of ether oxygens (including phenoxy) is 2. The zero-order valence-corrected chi connectivity index (χ0v) is 16.0. The molecule has 0 amide bonds. The Labute approximate surface area is 157 Å². The number of aromatic carboxylic acids is 1. The number of hydrogen-bond donors (Lipinski definition) is 1. The van der Waals surface area contributed by atoms with Crippen LogP contribution in [-0.2, 0) is 6.42 Å². The van der Waals surface area contributed by atoms with Gasteiger partial charge in [0, 0.05) is 12.1 Å². The molecule has 1 aliphatic heterocycles. The molecule has 7 heteroatoms. The van der Waals surface area contributed by atoms with Crippen LogP contribution in [0.25, 0.3) is 10.6 Å². The minimum Gasteiger partial charge on any atom is -0.493 e. The lowest BCUT2D eigenvalue weighted by atomic mass is 10.2. The smallest absolute Gasteiger partial charge is 0.347 e. The number of rotatable bonds is 8. The van der Waals surface area contributed by atoms with Crippen LogP contribution in [0.1, 0.15) is 35.1 Å². The summed E-state index contributed by atoms with van der Waals surface area (Å²) >= 11 is 1.19. The molecule has 0 spiro atoms. The van der Waals surface area contributed by atoms with E-state index in [4.69, 9.17) is 9.47 Å². The van der Waals surface area contributed by atoms with E-state index in [2.05, 4.69) is 9.88 Å². The average Bonchev–Trinajstić information content (AvgIpc) is 3.31. The molecule has 1 saturated heterocycles. The molecular formula is C19H24N2O4S. The molecule has 0 radical (unpaired) electrons. The maximum absolute atomic E-state index is 11.4. The first-order valence-corrected chi connectivity index (χ1v) is 9.70. The summed E-state index contributed by atoms with van der Waals surface area (Å²) < 4.78 is 11.4. The molecule has 1 aliphatic rings. The Balaban J connectivity index is 1.74. The number of methoxy groups -OCH3 is 1. The van der Waals surface area contributed by atoms with Crippen molar-refractivity contribution in [2.75, 3.05) is 33.4 Å². The Hall–Kier alpha value is -2.12. The number of carboxylic acid groups (broad SMARTS) is 1. The highest BCUT2D eigenvalue weighted by Gasteiger charge is 2.18. The average molecular weight is 376 g/mol. The summed E-state index contributed by atoms with van der Waals surface area (Å²) in [5.41, 5.74) is 1.45. The monoisotopic (exact) mass is 376 g/mol. The van der Waals surface area contributed by atoms with Crippen molar-refractivity contribution in [3.63, 3.8) is 0 Å². The highest BCUT2D eigenvalue weighted by molar-refractivity contribution is 7.17. The van der Waals surface area contributed by atoms with Crippen LogP contribution in [0.2, 0.25) is 0 Å². The molecule has 2 heterocycles. The van der Waals surface area contributed by atoms with E-state index in [0.29, 0.717) is 40.1 Å². The molecule has 0 unspecified atom stereocenters. The van der Waals surface area contributed by atoms with E-state index in [1.807, 2.05) is 25.1 Å². The molecule has 2 aromatic rings. The van der Waals surface area contributed by atoms with E-state index in [9.17, 15) is 9.90 Å². The van der Waals surface area contributed by atoms with Crippen molar-refractivity contribution in [2.24, 2.45) is 0 Å². The van der Waals surface area contributed by atoms with Crippen LogP contribution >= 0.6 is 11.3 Å². The second-order valence-electron chi connectivity index (χ2n) is 6.22. The normalized spacial score (nSPS) is 14.5. The third kappa shape index (κ3) is 4.16. The van der Waals surface area contributed by atoms with Gasteiger partial charge in [-0.1, -0.05) is 6.92 Å². The van der Waals surface area contributed by atoms with Crippen molar-refractivity contribution in [3.05, 3.63) is 28.8 Å². The first-order valence-electron chi connectivity index (χ1n) is 8.89. The number of aromatic nitrogens is 1. The molecule has 0 saturated carbocycles. The number of thiazole rings is 1. The van der Waals surface area contributed by atoms with Gasteiger partial charge in [0.25, 0.3) is 0 Å². The fraction of sp³-hybridized carbons (Fsp3) is 0.474. The molecule has 0 aliphatic carbocycles. The number of nitrogens with zero attached hydrogens (tertiary/aromatic N) is 2. The third-order valence-corrected chi connectivity index (χ3v) is 5.64. The zero-order chi connectivity index (χ0) is 18.5. The van der Waals surface area contributed by atoms with Crippen molar-refractivity contribution < 1.29 is 19.4 Å². The number of likely N-dealkylation sites (tertiary alicyclic amines) is 1. The fourth-order valence-electron chi connectivity index (χ4n) is 3.09. The molecule has 1 N–H and O–H groups in total. The third-order valence-electron chi connectivity index (χ3n) is 4.50. The minimum atomic E-state index is -0.931. The van der Waals surface area contributed by atoms with Gasteiger partial charge in [-0.3, -0.25) is 4.90 Å². The molecule has 1 fully saturated rings. The van der Waals surface area contributed by atoms with Crippen LogP contribution in [0.15, 0.2) is 18.2 Å².